The van der Waals surface area contributed by atoms with Crippen LogP contribution in [0.1, 0.15) is 6.42 Å². The molecule has 19 heavy (non-hydrogen) atoms. The van der Waals surface area contributed by atoms with Crippen molar-refractivity contribution in [2.75, 3.05) is 37.6 Å². The molecule has 0 radical (unpaired) electrons. The third kappa shape index (κ3) is 2.89. The topological polar surface area (TPSA) is 44.4 Å². The van der Waals surface area contributed by atoms with Crippen molar-refractivity contribution >= 4 is 11.6 Å². The summed E-state index contributed by atoms with van der Waals surface area (Å²) in [5, 5.41) is 6.22. The van der Waals surface area contributed by atoms with Gasteiger partial charge in [-0.05, 0) is 24.5 Å². The summed E-state index contributed by atoms with van der Waals surface area (Å²) in [6, 6.07) is 10.5. The van der Waals surface area contributed by atoms with E-state index in [0.717, 1.165) is 39.1 Å². The van der Waals surface area contributed by atoms with E-state index in [1.165, 1.54) is 5.69 Å². The van der Waals surface area contributed by atoms with Gasteiger partial charge in [0.05, 0.1) is 5.92 Å². The predicted molar refractivity (Wildman–Crippen MR) is 76.1 cm³/mol. The molecule has 4 nitrogen and oxygen atoms in total. The van der Waals surface area contributed by atoms with E-state index in [4.69, 9.17) is 0 Å². The van der Waals surface area contributed by atoms with Crippen LogP contribution in [-0.4, -0.2) is 38.6 Å². The molecular weight excluding hydrogens is 238 g/mol. The molecule has 1 unspecified atom stereocenters. The molecule has 102 valence electrons. The average molecular weight is 259 g/mol. The van der Waals surface area contributed by atoms with E-state index in [9.17, 15) is 4.79 Å². The second-order valence-corrected chi connectivity index (χ2v) is 5.54. The van der Waals surface area contributed by atoms with Crippen molar-refractivity contribution in [3.05, 3.63) is 30.3 Å². The number of carbonyl (C=O) groups excluding carboxylic acids is 1. The Hall–Kier alpha value is -1.55. The Morgan fingerprint density at radius 1 is 1.32 bits per heavy atom. The van der Waals surface area contributed by atoms with E-state index in [2.05, 4.69) is 39.8 Å². The quantitative estimate of drug-likeness (QED) is 0.842. The Bertz CT molecular complexity index is 430. The number of hydrogen-bond acceptors (Lipinski definition) is 3. The number of rotatable bonds is 4. The molecule has 2 heterocycles. The van der Waals surface area contributed by atoms with E-state index < -0.39 is 0 Å². The van der Waals surface area contributed by atoms with Crippen LogP contribution in [0.2, 0.25) is 0 Å². The molecule has 0 saturated carbocycles. The highest BCUT2D eigenvalue weighted by Crippen LogP contribution is 2.23. The van der Waals surface area contributed by atoms with Crippen molar-refractivity contribution in [3.8, 4) is 0 Å². The van der Waals surface area contributed by atoms with Gasteiger partial charge in [-0.25, -0.2) is 0 Å². The van der Waals surface area contributed by atoms with Gasteiger partial charge in [-0.2, -0.15) is 0 Å². The second kappa shape index (κ2) is 5.61. The van der Waals surface area contributed by atoms with Crippen molar-refractivity contribution in [1.29, 1.82) is 0 Å². The lowest BCUT2D eigenvalue weighted by molar-refractivity contribution is -0.126. The molecule has 4 heteroatoms. The summed E-state index contributed by atoms with van der Waals surface area (Å²) in [6.45, 7) is 4.64. The summed E-state index contributed by atoms with van der Waals surface area (Å²) < 4.78 is 0. The summed E-state index contributed by atoms with van der Waals surface area (Å²) >= 11 is 0. The van der Waals surface area contributed by atoms with Crippen LogP contribution in [0, 0.1) is 11.8 Å². The number of nitrogens with one attached hydrogen (secondary N) is 2. The highest BCUT2D eigenvalue weighted by Gasteiger charge is 2.27. The molecule has 1 amide bonds. The number of nitrogens with zero attached hydrogens (tertiary/aromatic N) is 1. The van der Waals surface area contributed by atoms with Gasteiger partial charge in [0.25, 0.3) is 0 Å². The van der Waals surface area contributed by atoms with Gasteiger partial charge >= 0.3 is 0 Å². The van der Waals surface area contributed by atoms with Gasteiger partial charge in [0.2, 0.25) is 5.91 Å². The third-order valence-electron chi connectivity index (χ3n) is 4.12. The molecular formula is C15H21N3O. The fourth-order valence-corrected chi connectivity index (χ4v) is 2.74. The van der Waals surface area contributed by atoms with Crippen molar-refractivity contribution in [2.24, 2.45) is 11.8 Å². The van der Waals surface area contributed by atoms with Crippen LogP contribution in [-0.2, 0) is 4.79 Å². The van der Waals surface area contributed by atoms with Crippen LogP contribution in [0.3, 0.4) is 0 Å². The first kappa shape index (κ1) is 12.5. The van der Waals surface area contributed by atoms with Gasteiger partial charge in [-0.3, -0.25) is 4.79 Å². The molecule has 2 aliphatic heterocycles. The van der Waals surface area contributed by atoms with Gasteiger partial charge < -0.3 is 15.5 Å². The minimum Gasteiger partial charge on any atom is -0.371 e. The average Bonchev–Trinajstić information content (AvgIpc) is 2.84. The zero-order valence-electron chi connectivity index (χ0n) is 11.1. The van der Waals surface area contributed by atoms with Crippen molar-refractivity contribution < 1.29 is 4.79 Å². The number of anilines is 1. The minimum absolute atomic E-state index is 0.201. The van der Waals surface area contributed by atoms with Crippen LogP contribution in [0.25, 0.3) is 0 Å². The zero-order valence-corrected chi connectivity index (χ0v) is 11.1. The number of hydrogen-bond donors (Lipinski definition) is 2. The minimum atomic E-state index is 0.201. The molecule has 3 rings (SSSR count). The highest BCUT2D eigenvalue weighted by atomic mass is 16.2. The summed E-state index contributed by atoms with van der Waals surface area (Å²) in [5.74, 6) is 1.00. The molecule has 0 spiro atoms. The molecule has 2 fully saturated rings. The first-order valence-electron chi connectivity index (χ1n) is 7.11. The van der Waals surface area contributed by atoms with Gasteiger partial charge in [-0.15, -0.1) is 0 Å². The highest BCUT2D eigenvalue weighted by molar-refractivity contribution is 5.80. The first-order chi connectivity index (χ1) is 9.33. The summed E-state index contributed by atoms with van der Waals surface area (Å²) in [7, 11) is 0. The van der Waals surface area contributed by atoms with E-state index >= 15 is 0 Å². The number of amides is 1. The Morgan fingerprint density at radius 2 is 2.11 bits per heavy atom. The normalized spacial score (nSPS) is 23.2. The fraction of sp³-hybridized carbons (Fsp3) is 0.533. The SMILES string of the molecule is O=C(NCC1CCN(c2ccccc2)C1)C1CNC1. The first-order valence-corrected chi connectivity index (χ1v) is 7.11. The van der Waals surface area contributed by atoms with E-state index in [0.29, 0.717) is 5.92 Å². The Balaban J connectivity index is 1.45. The van der Waals surface area contributed by atoms with Crippen LogP contribution >= 0.6 is 0 Å². The van der Waals surface area contributed by atoms with Crippen LogP contribution in [0.5, 0.6) is 0 Å². The Labute approximate surface area is 114 Å². The molecule has 1 aromatic carbocycles. The largest absolute Gasteiger partial charge is 0.371 e. The molecule has 2 N–H and O–H groups in total. The molecule has 0 bridgehead atoms. The maximum absolute atomic E-state index is 11.8. The molecule has 2 saturated heterocycles. The van der Waals surface area contributed by atoms with Crippen LogP contribution < -0.4 is 15.5 Å². The molecule has 1 aromatic rings. The van der Waals surface area contributed by atoms with E-state index in [1.807, 2.05) is 6.07 Å². The molecule has 2 aliphatic rings. The van der Waals surface area contributed by atoms with E-state index in [-0.39, 0.29) is 11.8 Å². The third-order valence-corrected chi connectivity index (χ3v) is 4.12. The van der Waals surface area contributed by atoms with Crippen molar-refractivity contribution in [3.63, 3.8) is 0 Å². The van der Waals surface area contributed by atoms with Crippen LogP contribution in [0.4, 0.5) is 5.69 Å². The summed E-state index contributed by atoms with van der Waals surface area (Å²) in [5.41, 5.74) is 1.29. The molecule has 0 aliphatic carbocycles. The fourth-order valence-electron chi connectivity index (χ4n) is 2.74. The number of para-hydroxylation sites is 1. The van der Waals surface area contributed by atoms with Crippen molar-refractivity contribution in [2.45, 2.75) is 6.42 Å². The van der Waals surface area contributed by atoms with Crippen molar-refractivity contribution in [1.82, 2.24) is 10.6 Å². The number of benzene rings is 1. The standard InChI is InChI=1S/C15H21N3O/c19-15(13-9-16-10-13)17-8-12-6-7-18(11-12)14-4-2-1-3-5-14/h1-5,12-13,16H,6-11H2,(H,17,19). The lowest BCUT2D eigenvalue weighted by Gasteiger charge is -2.26. The molecule has 1 atom stereocenters. The van der Waals surface area contributed by atoms with Crippen LogP contribution in [0.15, 0.2) is 30.3 Å². The lowest BCUT2D eigenvalue weighted by atomic mass is 10.0. The second-order valence-electron chi connectivity index (χ2n) is 5.54. The summed E-state index contributed by atoms with van der Waals surface area (Å²) in [6.07, 6.45) is 1.16. The van der Waals surface area contributed by atoms with Gasteiger partial charge in [0.15, 0.2) is 0 Å². The van der Waals surface area contributed by atoms with Gasteiger partial charge in [-0.1, -0.05) is 18.2 Å². The monoisotopic (exact) mass is 259 g/mol. The van der Waals surface area contributed by atoms with Gasteiger partial charge in [0, 0.05) is 38.4 Å². The smallest absolute Gasteiger partial charge is 0.225 e. The van der Waals surface area contributed by atoms with Gasteiger partial charge in [0.1, 0.15) is 0 Å². The maximum Gasteiger partial charge on any atom is 0.225 e. The zero-order chi connectivity index (χ0) is 13.1. The summed E-state index contributed by atoms with van der Waals surface area (Å²) in [4.78, 5) is 14.2. The van der Waals surface area contributed by atoms with E-state index in [1.54, 1.807) is 0 Å². The number of carbonyl (C=O) groups is 1. The Morgan fingerprint density at radius 3 is 2.79 bits per heavy atom. The predicted octanol–water partition coefficient (Wildman–Crippen LogP) is 0.848. The Kier molecular flexibility index (Phi) is 3.69. The lowest BCUT2D eigenvalue weighted by Crippen LogP contribution is -2.51. The molecule has 0 aromatic heterocycles. The maximum atomic E-state index is 11.8.